The molecule has 5 nitrogen and oxygen atoms in total. The van der Waals surface area contributed by atoms with Gasteiger partial charge in [0.15, 0.2) is 0 Å². The number of carbonyl (C=O) groups excluding carboxylic acids is 1. The van der Waals surface area contributed by atoms with Crippen LogP contribution in [0.2, 0.25) is 0 Å². The first-order valence-corrected chi connectivity index (χ1v) is 10.6. The predicted octanol–water partition coefficient (Wildman–Crippen LogP) is 3.94. The number of fused-ring (bicyclic) bond motifs is 1. The number of aromatic nitrogens is 2. The van der Waals surface area contributed by atoms with Crippen LogP contribution in [0.3, 0.4) is 0 Å². The number of nitrogens with zero attached hydrogens (tertiary/aromatic N) is 2. The van der Waals surface area contributed by atoms with Crippen LogP contribution in [0.25, 0.3) is 10.2 Å². The number of amides is 1. The minimum absolute atomic E-state index is 0.0128. The summed E-state index contributed by atoms with van der Waals surface area (Å²) in [5, 5.41) is 3.69. The molecule has 0 aliphatic heterocycles. The zero-order valence-electron chi connectivity index (χ0n) is 15.8. The van der Waals surface area contributed by atoms with Crippen LogP contribution in [0.1, 0.15) is 61.8 Å². The van der Waals surface area contributed by atoms with Crippen molar-refractivity contribution < 1.29 is 4.79 Å². The maximum absolute atomic E-state index is 12.6. The number of aryl methyl sites for hydroxylation is 3. The van der Waals surface area contributed by atoms with E-state index in [1.54, 1.807) is 22.2 Å². The van der Waals surface area contributed by atoms with Crippen LogP contribution in [-0.4, -0.2) is 22.0 Å². The van der Waals surface area contributed by atoms with Crippen molar-refractivity contribution >= 4 is 27.5 Å². The predicted molar refractivity (Wildman–Crippen MR) is 107 cm³/mol. The maximum Gasteiger partial charge on any atom is 0.262 e. The lowest BCUT2D eigenvalue weighted by Crippen LogP contribution is -2.28. The van der Waals surface area contributed by atoms with Gasteiger partial charge in [-0.15, -0.1) is 11.3 Å². The van der Waals surface area contributed by atoms with E-state index < -0.39 is 0 Å². The molecule has 1 aliphatic rings. The highest BCUT2D eigenvalue weighted by Gasteiger charge is 2.14. The monoisotopic (exact) mass is 375 g/mol. The van der Waals surface area contributed by atoms with Crippen LogP contribution in [0.4, 0.5) is 0 Å². The third-order valence-corrected chi connectivity index (χ3v) is 6.69. The van der Waals surface area contributed by atoms with E-state index in [1.165, 1.54) is 38.5 Å². The summed E-state index contributed by atoms with van der Waals surface area (Å²) in [6.07, 6.45) is 11.0. The van der Waals surface area contributed by atoms with Crippen LogP contribution >= 0.6 is 11.3 Å². The molecule has 1 amide bonds. The van der Waals surface area contributed by atoms with Crippen molar-refractivity contribution in [2.24, 2.45) is 5.92 Å². The molecule has 1 saturated carbocycles. The first-order valence-electron chi connectivity index (χ1n) is 9.78. The summed E-state index contributed by atoms with van der Waals surface area (Å²) in [5.74, 6) is 0.869. The average molecular weight is 376 g/mol. The highest BCUT2D eigenvalue weighted by molar-refractivity contribution is 7.18. The van der Waals surface area contributed by atoms with E-state index >= 15 is 0 Å². The summed E-state index contributed by atoms with van der Waals surface area (Å²) in [5.41, 5.74) is 0.964. The molecule has 1 aliphatic carbocycles. The second-order valence-corrected chi connectivity index (χ2v) is 8.66. The molecule has 0 atom stereocenters. The van der Waals surface area contributed by atoms with Gasteiger partial charge in [0.1, 0.15) is 4.83 Å². The van der Waals surface area contributed by atoms with Crippen molar-refractivity contribution in [3.63, 3.8) is 0 Å². The smallest absolute Gasteiger partial charge is 0.262 e. The molecule has 0 saturated heterocycles. The minimum atomic E-state index is -0.0399. The fourth-order valence-electron chi connectivity index (χ4n) is 3.83. The number of nitrogens with one attached hydrogen (secondary N) is 1. The summed E-state index contributed by atoms with van der Waals surface area (Å²) >= 11 is 1.55. The Labute approximate surface area is 158 Å². The number of hydrogen-bond acceptors (Lipinski definition) is 4. The first kappa shape index (κ1) is 19.1. The van der Waals surface area contributed by atoms with Crippen LogP contribution in [0, 0.1) is 19.8 Å². The lowest BCUT2D eigenvalue weighted by atomic mass is 9.86. The molecule has 0 unspecified atom stereocenters. The number of thiophene rings is 1. The third kappa shape index (κ3) is 4.53. The standard InChI is InChI=1S/C20H29N3O2S/c1-14-15(2)26-19-18(14)20(25)23(13-22-19)12-10-17(24)21-11-6-9-16-7-4-3-5-8-16/h13,16H,3-12H2,1-2H3,(H,21,24). The van der Waals surface area contributed by atoms with Crippen molar-refractivity contribution in [2.75, 3.05) is 6.54 Å². The second kappa shape index (κ2) is 8.80. The molecule has 2 aromatic rings. The minimum Gasteiger partial charge on any atom is -0.356 e. The van der Waals surface area contributed by atoms with Gasteiger partial charge in [0.25, 0.3) is 5.56 Å². The molecular weight excluding hydrogens is 346 g/mol. The molecule has 1 N–H and O–H groups in total. The van der Waals surface area contributed by atoms with Crippen molar-refractivity contribution in [3.05, 3.63) is 27.1 Å². The Morgan fingerprint density at radius 2 is 2.08 bits per heavy atom. The van der Waals surface area contributed by atoms with E-state index in [1.807, 2.05) is 13.8 Å². The average Bonchev–Trinajstić information content (AvgIpc) is 2.94. The van der Waals surface area contributed by atoms with Crippen LogP contribution < -0.4 is 10.9 Å². The number of rotatable bonds is 7. The van der Waals surface area contributed by atoms with Crippen molar-refractivity contribution in [1.82, 2.24) is 14.9 Å². The highest BCUT2D eigenvalue weighted by atomic mass is 32.1. The molecule has 1 fully saturated rings. The molecule has 2 heterocycles. The van der Waals surface area contributed by atoms with Crippen molar-refractivity contribution in [3.8, 4) is 0 Å². The Balaban J connectivity index is 1.45. The molecule has 3 rings (SSSR count). The second-order valence-electron chi connectivity index (χ2n) is 7.45. The van der Waals surface area contributed by atoms with E-state index in [2.05, 4.69) is 10.3 Å². The maximum atomic E-state index is 12.6. The Bertz CT molecular complexity index is 818. The van der Waals surface area contributed by atoms with Gasteiger partial charge in [-0.2, -0.15) is 0 Å². The lowest BCUT2D eigenvalue weighted by Gasteiger charge is -2.21. The van der Waals surface area contributed by atoms with E-state index in [9.17, 15) is 9.59 Å². The summed E-state index contributed by atoms with van der Waals surface area (Å²) < 4.78 is 1.56. The van der Waals surface area contributed by atoms with E-state index in [0.29, 0.717) is 18.4 Å². The summed E-state index contributed by atoms with van der Waals surface area (Å²) in [4.78, 5) is 31.0. The third-order valence-electron chi connectivity index (χ3n) is 5.57. The topological polar surface area (TPSA) is 64.0 Å². The van der Waals surface area contributed by atoms with Gasteiger partial charge in [-0.3, -0.25) is 14.2 Å². The number of carbonyl (C=O) groups is 1. The van der Waals surface area contributed by atoms with Gasteiger partial charge in [-0.1, -0.05) is 32.1 Å². The van der Waals surface area contributed by atoms with Gasteiger partial charge in [-0.25, -0.2) is 4.98 Å². The molecule has 0 radical (unpaired) electrons. The molecule has 2 aromatic heterocycles. The zero-order chi connectivity index (χ0) is 18.5. The molecule has 0 aromatic carbocycles. The zero-order valence-corrected chi connectivity index (χ0v) is 16.7. The van der Waals surface area contributed by atoms with E-state index in [-0.39, 0.29) is 11.5 Å². The molecular formula is C20H29N3O2S. The molecule has 142 valence electrons. The Morgan fingerprint density at radius 3 is 2.85 bits per heavy atom. The fraction of sp³-hybridized carbons (Fsp3) is 0.650. The van der Waals surface area contributed by atoms with E-state index in [4.69, 9.17) is 0 Å². The summed E-state index contributed by atoms with van der Waals surface area (Å²) in [7, 11) is 0. The van der Waals surface area contributed by atoms with Crippen LogP contribution in [0.5, 0.6) is 0 Å². The van der Waals surface area contributed by atoms with E-state index in [0.717, 1.165) is 34.2 Å². The Morgan fingerprint density at radius 1 is 1.31 bits per heavy atom. The summed E-state index contributed by atoms with van der Waals surface area (Å²) in [6, 6.07) is 0. The Hall–Kier alpha value is -1.69. The van der Waals surface area contributed by atoms with Gasteiger partial charge in [-0.05, 0) is 38.2 Å². The first-order chi connectivity index (χ1) is 12.6. The molecule has 0 bridgehead atoms. The van der Waals surface area contributed by atoms with Gasteiger partial charge in [0.05, 0.1) is 11.7 Å². The highest BCUT2D eigenvalue weighted by Crippen LogP contribution is 2.27. The van der Waals surface area contributed by atoms with Crippen LogP contribution in [0.15, 0.2) is 11.1 Å². The number of hydrogen-bond donors (Lipinski definition) is 1. The summed E-state index contributed by atoms with van der Waals surface area (Å²) in [6.45, 7) is 5.09. The molecule has 0 spiro atoms. The Kier molecular flexibility index (Phi) is 6.46. The lowest BCUT2D eigenvalue weighted by molar-refractivity contribution is -0.121. The molecule has 26 heavy (non-hydrogen) atoms. The fourth-order valence-corrected chi connectivity index (χ4v) is 4.82. The quantitative estimate of drug-likeness (QED) is 0.746. The molecule has 6 heteroatoms. The SMILES string of the molecule is Cc1sc2ncn(CCC(=O)NCCCC3CCCCC3)c(=O)c2c1C. The van der Waals surface area contributed by atoms with Crippen molar-refractivity contribution in [1.29, 1.82) is 0 Å². The van der Waals surface area contributed by atoms with Gasteiger partial charge < -0.3 is 5.32 Å². The van der Waals surface area contributed by atoms with Gasteiger partial charge in [0.2, 0.25) is 5.91 Å². The van der Waals surface area contributed by atoms with Gasteiger partial charge in [0, 0.05) is 24.4 Å². The van der Waals surface area contributed by atoms with Gasteiger partial charge >= 0.3 is 0 Å². The van der Waals surface area contributed by atoms with Crippen LogP contribution in [-0.2, 0) is 11.3 Å². The van der Waals surface area contributed by atoms with Crippen molar-refractivity contribution in [2.45, 2.75) is 71.8 Å². The largest absolute Gasteiger partial charge is 0.356 e. The normalized spacial score (nSPS) is 15.5.